The summed E-state index contributed by atoms with van der Waals surface area (Å²) < 4.78 is 0. The van der Waals surface area contributed by atoms with Crippen LogP contribution in [0.4, 0.5) is 11.4 Å². The van der Waals surface area contributed by atoms with Crippen molar-refractivity contribution in [3.63, 3.8) is 0 Å². The molecule has 3 N–H and O–H groups in total. The van der Waals surface area contributed by atoms with Crippen molar-refractivity contribution in [3.05, 3.63) is 34.4 Å². The Hall–Kier alpha value is -2.11. The van der Waals surface area contributed by atoms with E-state index in [1.807, 2.05) is 0 Å². The molecule has 86 valence electrons. The smallest absolute Gasteiger partial charge is 0.269 e. The second kappa shape index (κ2) is 5.69. The van der Waals surface area contributed by atoms with E-state index in [1.54, 1.807) is 12.1 Å². The summed E-state index contributed by atoms with van der Waals surface area (Å²) in [5.74, 6) is -0.328. The molecule has 6 nitrogen and oxygen atoms in total. The van der Waals surface area contributed by atoms with Gasteiger partial charge in [0.15, 0.2) is 0 Å². The highest BCUT2D eigenvalue weighted by Crippen LogP contribution is 2.15. The summed E-state index contributed by atoms with van der Waals surface area (Å²) in [6, 6.07) is 6.11. The Kier molecular flexibility index (Phi) is 4.26. The number of hydrogen-bond donors (Lipinski definition) is 2. The predicted octanol–water partition coefficient (Wildman–Crippen LogP) is 1.27. The molecule has 0 aliphatic rings. The number of nitrogens with zero attached hydrogens (tertiary/aromatic N) is 1. The minimum Gasteiger partial charge on any atom is -0.385 e. The number of hydrogen-bond acceptors (Lipinski definition) is 4. The van der Waals surface area contributed by atoms with Crippen molar-refractivity contribution < 1.29 is 9.72 Å². The van der Waals surface area contributed by atoms with Crippen LogP contribution in [-0.2, 0) is 4.79 Å². The molecule has 0 fully saturated rings. The van der Waals surface area contributed by atoms with Crippen molar-refractivity contribution in [2.45, 2.75) is 12.8 Å². The number of carbonyl (C=O) groups is 1. The van der Waals surface area contributed by atoms with Crippen LogP contribution in [0.5, 0.6) is 0 Å². The first kappa shape index (κ1) is 12.0. The minimum atomic E-state index is -0.448. The molecule has 0 bridgehead atoms. The molecule has 6 heteroatoms. The maximum Gasteiger partial charge on any atom is 0.269 e. The molecule has 0 spiro atoms. The summed E-state index contributed by atoms with van der Waals surface area (Å²) >= 11 is 0. The number of anilines is 1. The number of rotatable bonds is 6. The van der Waals surface area contributed by atoms with E-state index in [0.29, 0.717) is 19.4 Å². The second-order valence-corrected chi connectivity index (χ2v) is 3.30. The third-order valence-electron chi connectivity index (χ3n) is 2.01. The quantitative estimate of drug-likeness (QED) is 0.431. The molecule has 0 aliphatic carbocycles. The van der Waals surface area contributed by atoms with Gasteiger partial charge in [-0.3, -0.25) is 14.9 Å². The van der Waals surface area contributed by atoms with E-state index in [9.17, 15) is 14.9 Å². The lowest BCUT2D eigenvalue weighted by atomic mass is 10.2. The highest BCUT2D eigenvalue weighted by molar-refractivity contribution is 5.73. The van der Waals surface area contributed by atoms with E-state index in [0.717, 1.165) is 5.69 Å². The molecule has 0 unspecified atom stereocenters. The fraction of sp³-hybridized carbons (Fsp3) is 0.300. The van der Waals surface area contributed by atoms with Crippen molar-refractivity contribution in [1.29, 1.82) is 0 Å². The average Bonchev–Trinajstić information content (AvgIpc) is 2.25. The zero-order valence-corrected chi connectivity index (χ0v) is 8.68. The molecule has 1 aromatic rings. The van der Waals surface area contributed by atoms with Gasteiger partial charge in [0.05, 0.1) is 4.92 Å². The minimum absolute atomic E-state index is 0.0580. The summed E-state index contributed by atoms with van der Waals surface area (Å²) in [5, 5.41) is 13.4. The maximum absolute atomic E-state index is 10.4. The second-order valence-electron chi connectivity index (χ2n) is 3.30. The number of nitro groups is 1. The fourth-order valence-corrected chi connectivity index (χ4v) is 1.20. The van der Waals surface area contributed by atoms with E-state index in [2.05, 4.69) is 5.32 Å². The van der Waals surface area contributed by atoms with Crippen LogP contribution in [0.2, 0.25) is 0 Å². The SMILES string of the molecule is NC(=O)CCCNc1ccc([N+](=O)[O-])cc1. The van der Waals surface area contributed by atoms with Crippen molar-refractivity contribution >= 4 is 17.3 Å². The first-order chi connectivity index (χ1) is 7.59. The van der Waals surface area contributed by atoms with Crippen LogP contribution in [-0.4, -0.2) is 17.4 Å². The topological polar surface area (TPSA) is 98.3 Å². The van der Waals surface area contributed by atoms with Gasteiger partial charge in [0.25, 0.3) is 5.69 Å². The molecule has 0 atom stereocenters. The zero-order valence-electron chi connectivity index (χ0n) is 8.68. The lowest BCUT2D eigenvalue weighted by Gasteiger charge is -2.04. The average molecular weight is 223 g/mol. The van der Waals surface area contributed by atoms with Gasteiger partial charge in [-0.1, -0.05) is 0 Å². The van der Waals surface area contributed by atoms with Gasteiger partial charge in [0.2, 0.25) is 5.91 Å². The van der Waals surface area contributed by atoms with Gasteiger partial charge in [0, 0.05) is 30.8 Å². The van der Waals surface area contributed by atoms with Gasteiger partial charge < -0.3 is 11.1 Å². The van der Waals surface area contributed by atoms with Crippen LogP contribution in [0.25, 0.3) is 0 Å². The Labute approximate surface area is 92.6 Å². The summed E-state index contributed by atoms with van der Waals surface area (Å²) in [6.07, 6.45) is 0.978. The summed E-state index contributed by atoms with van der Waals surface area (Å²) in [5.41, 5.74) is 5.83. The molecule has 1 rings (SSSR count). The van der Waals surface area contributed by atoms with Crippen LogP contribution in [0.15, 0.2) is 24.3 Å². The molecular formula is C10H13N3O3. The Morgan fingerprint density at radius 2 is 2.00 bits per heavy atom. The first-order valence-electron chi connectivity index (χ1n) is 4.86. The molecule has 0 saturated carbocycles. The molecule has 0 radical (unpaired) electrons. The Balaban J connectivity index is 2.38. The molecule has 16 heavy (non-hydrogen) atoms. The molecule has 1 amide bonds. The number of carbonyl (C=O) groups excluding carboxylic acids is 1. The predicted molar refractivity (Wildman–Crippen MR) is 60.0 cm³/mol. The number of nitro benzene ring substituents is 1. The largest absolute Gasteiger partial charge is 0.385 e. The van der Waals surface area contributed by atoms with Gasteiger partial charge in [-0.15, -0.1) is 0 Å². The lowest BCUT2D eigenvalue weighted by Crippen LogP contribution is -2.12. The number of non-ortho nitro benzene ring substituents is 1. The van der Waals surface area contributed by atoms with Crippen LogP contribution in [0.3, 0.4) is 0 Å². The van der Waals surface area contributed by atoms with Crippen molar-refractivity contribution in [2.75, 3.05) is 11.9 Å². The third-order valence-corrected chi connectivity index (χ3v) is 2.01. The standard InChI is InChI=1S/C10H13N3O3/c11-10(14)2-1-7-12-8-3-5-9(6-4-8)13(15)16/h3-6,12H,1-2,7H2,(H2,11,14). The molecular weight excluding hydrogens is 210 g/mol. The first-order valence-corrected chi connectivity index (χ1v) is 4.86. The van der Waals surface area contributed by atoms with Crippen LogP contribution in [0, 0.1) is 10.1 Å². The number of nitrogens with two attached hydrogens (primary N) is 1. The summed E-state index contributed by atoms with van der Waals surface area (Å²) in [4.78, 5) is 20.4. The van der Waals surface area contributed by atoms with Crippen molar-refractivity contribution in [2.24, 2.45) is 5.73 Å². The Bertz CT molecular complexity index is 375. The highest BCUT2D eigenvalue weighted by Gasteiger charge is 2.03. The van der Waals surface area contributed by atoms with Gasteiger partial charge >= 0.3 is 0 Å². The highest BCUT2D eigenvalue weighted by atomic mass is 16.6. The van der Waals surface area contributed by atoms with Gasteiger partial charge in [-0.2, -0.15) is 0 Å². The maximum atomic E-state index is 10.4. The number of nitrogens with one attached hydrogen (secondary N) is 1. The monoisotopic (exact) mass is 223 g/mol. The molecule has 0 aliphatic heterocycles. The van der Waals surface area contributed by atoms with Crippen LogP contribution >= 0.6 is 0 Å². The van der Waals surface area contributed by atoms with Crippen molar-refractivity contribution in [3.8, 4) is 0 Å². The molecule has 0 heterocycles. The van der Waals surface area contributed by atoms with Gasteiger partial charge in [-0.25, -0.2) is 0 Å². The van der Waals surface area contributed by atoms with E-state index in [4.69, 9.17) is 5.73 Å². The van der Waals surface area contributed by atoms with Crippen LogP contribution < -0.4 is 11.1 Å². The molecule has 0 aromatic heterocycles. The normalized spacial score (nSPS) is 9.75. The van der Waals surface area contributed by atoms with E-state index >= 15 is 0 Å². The van der Waals surface area contributed by atoms with E-state index in [1.165, 1.54) is 12.1 Å². The number of amides is 1. The van der Waals surface area contributed by atoms with E-state index in [-0.39, 0.29) is 11.6 Å². The molecule has 0 saturated heterocycles. The van der Waals surface area contributed by atoms with Crippen LogP contribution in [0.1, 0.15) is 12.8 Å². The van der Waals surface area contributed by atoms with E-state index < -0.39 is 4.92 Å². The summed E-state index contributed by atoms with van der Waals surface area (Å²) in [7, 11) is 0. The third kappa shape index (κ3) is 3.95. The Morgan fingerprint density at radius 3 is 2.50 bits per heavy atom. The zero-order chi connectivity index (χ0) is 12.0. The lowest BCUT2D eigenvalue weighted by molar-refractivity contribution is -0.384. The van der Waals surface area contributed by atoms with Gasteiger partial charge in [-0.05, 0) is 18.6 Å². The fourth-order valence-electron chi connectivity index (χ4n) is 1.20. The van der Waals surface area contributed by atoms with Crippen molar-refractivity contribution in [1.82, 2.24) is 0 Å². The number of primary amides is 1. The molecule has 1 aromatic carbocycles. The Morgan fingerprint density at radius 1 is 1.38 bits per heavy atom. The summed E-state index contributed by atoms with van der Waals surface area (Å²) in [6.45, 7) is 0.612. The van der Waals surface area contributed by atoms with Gasteiger partial charge in [0.1, 0.15) is 0 Å². The number of benzene rings is 1.